The summed E-state index contributed by atoms with van der Waals surface area (Å²) in [5.41, 5.74) is 9.21. The number of hydrogen-bond donors (Lipinski definition) is 1. The number of hydrogen-bond acceptors (Lipinski definition) is 2. The zero-order valence-electron chi connectivity index (χ0n) is 10.8. The molecule has 0 amide bonds. The molecule has 2 nitrogen and oxygen atoms in total. The molecule has 2 aromatic carbocycles. The number of anilines is 3. The molecule has 0 atom stereocenters. The van der Waals surface area contributed by atoms with E-state index in [9.17, 15) is 0 Å². The summed E-state index contributed by atoms with van der Waals surface area (Å²) in [5, 5.41) is 0. The van der Waals surface area contributed by atoms with Crippen LogP contribution in [0.2, 0.25) is 0 Å². The monoisotopic (exact) mass is 240 g/mol. The fourth-order valence-electron chi connectivity index (χ4n) is 2.05. The SMILES string of the molecule is CCCCN(c1ccccc1)c1ccccc1N. The maximum absolute atomic E-state index is 6.09. The average Bonchev–Trinajstić information content (AvgIpc) is 2.42. The van der Waals surface area contributed by atoms with Gasteiger partial charge in [0.05, 0.1) is 11.4 Å². The number of para-hydroxylation sites is 3. The van der Waals surface area contributed by atoms with Gasteiger partial charge < -0.3 is 10.6 Å². The van der Waals surface area contributed by atoms with Crippen LogP contribution in [0.3, 0.4) is 0 Å². The van der Waals surface area contributed by atoms with Crippen molar-refractivity contribution in [1.29, 1.82) is 0 Å². The summed E-state index contributed by atoms with van der Waals surface area (Å²) < 4.78 is 0. The van der Waals surface area contributed by atoms with Crippen molar-refractivity contribution in [2.45, 2.75) is 19.8 Å². The zero-order valence-corrected chi connectivity index (χ0v) is 10.8. The summed E-state index contributed by atoms with van der Waals surface area (Å²) in [5.74, 6) is 0. The Kier molecular flexibility index (Phi) is 4.24. The molecule has 0 bridgehead atoms. The predicted octanol–water partition coefficient (Wildman–Crippen LogP) is 4.21. The van der Waals surface area contributed by atoms with Crippen molar-refractivity contribution >= 4 is 17.1 Å². The second-order valence-corrected chi connectivity index (χ2v) is 4.40. The van der Waals surface area contributed by atoms with Crippen LogP contribution < -0.4 is 10.6 Å². The first kappa shape index (κ1) is 12.5. The lowest BCUT2D eigenvalue weighted by Gasteiger charge is -2.26. The molecule has 0 aliphatic heterocycles. The van der Waals surface area contributed by atoms with Crippen LogP contribution in [0.25, 0.3) is 0 Å². The third-order valence-corrected chi connectivity index (χ3v) is 3.03. The molecule has 0 unspecified atom stereocenters. The molecule has 2 heteroatoms. The van der Waals surface area contributed by atoms with Crippen molar-refractivity contribution in [2.75, 3.05) is 17.2 Å². The standard InChI is InChI=1S/C16H20N2/c1-2-3-13-18(14-9-5-4-6-10-14)16-12-8-7-11-15(16)17/h4-12H,2-3,13,17H2,1H3. The van der Waals surface area contributed by atoms with Crippen molar-refractivity contribution in [1.82, 2.24) is 0 Å². The normalized spacial score (nSPS) is 10.3. The molecule has 0 saturated carbocycles. The summed E-state index contributed by atoms with van der Waals surface area (Å²) >= 11 is 0. The van der Waals surface area contributed by atoms with Crippen LogP contribution >= 0.6 is 0 Å². The van der Waals surface area contributed by atoms with Gasteiger partial charge in [0.15, 0.2) is 0 Å². The minimum Gasteiger partial charge on any atom is -0.397 e. The first-order valence-electron chi connectivity index (χ1n) is 6.50. The van der Waals surface area contributed by atoms with Crippen molar-refractivity contribution in [3.8, 4) is 0 Å². The minimum absolute atomic E-state index is 0.831. The van der Waals surface area contributed by atoms with Gasteiger partial charge in [-0.25, -0.2) is 0 Å². The Morgan fingerprint density at radius 1 is 0.944 bits per heavy atom. The number of nitrogens with zero attached hydrogens (tertiary/aromatic N) is 1. The van der Waals surface area contributed by atoms with Gasteiger partial charge in [-0.1, -0.05) is 43.7 Å². The molecule has 0 heterocycles. The van der Waals surface area contributed by atoms with Crippen molar-refractivity contribution in [3.05, 3.63) is 54.6 Å². The highest BCUT2D eigenvalue weighted by atomic mass is 15.1. The Hall–Kier alpha value is -1.96. The lowest BCUT2D eigenvalue weighted by Crippen LogP contribution is -2.19. The van der Waals surface area contributed by atoms with Crippen LogP contribution in [-0.2, 0) is 0 Å². The van der Waals surface area contributed by atoms with Gasteiger partial charge in [0.2, 0.25) is 0 Å². The quantitative estimate of drug-likeness (QED) is 0.793. The van der Waals surface area contributed by atoms with Crippen LogP contribution in [-0.4, -0.2) is 6.54 Å². The summed E-state index contributed by atoms with van der Waals surface area (Å²) in [7, 11) is 0. The van der Waals surface area contributed by atoms with Gasteiger partial charge in [0, 0.05) is 12.2 Å². The number of unbranched alkanes of at least 4 members (excludes halogenated alkanes) is 1. The van der Waals surface area contributed by atoms with E-state index in [1.807, 2.05) is 24.3 Å². The molecule has 94 valence electrons. The fraction of sp³-hybridized carbons (Fsp3) is 0.250. The van der Waals surface area contributed by atoms with Crippen LogP contribution in [0.5, 0.6) is 0 Å². The predicted molar refractivity (Wildman–Crippen MR) is 79.2 cm³/mol. The third kappa shape index (κ3) is 2.83. The number of rotatable bonds is 5. The lowest BCUT2D eigenvalue weighted by molar-refractivity contribution is 0.786. The van der Waals surface area contributed by atoms with Crippen LogP contribution in [0.4, 0.5) is 17.1 Å². The Morgan fingerprint density at radius 3 is 2.28 bits per heavy atom. The maximum Gasteiger partial charge on any atom is 0.0644 e. The molecule has 0 radical (unpaired) electrons. The Morgan fingerprint density at radius 2 is 1.61 bits per heavy atom. The highest BCUT2D eigenvalue weighted by Gasteiger charge is 2.10. The Balaban J connectivity index is 2.34. The van der Waals surface area contributed by atoms with Gasteiger partial charge in [0.1, 0.15) is 0 Å². The lowest BCUT2D eigenvalue weighted by atomic mass is 10.2. The molecule has 0 aliphatic carbocycles. The number of nitrogens with two attached hydrogens (primary N) is 1. The zero-order chi connectivity index (χ0) is 12.8. The molecular formula is C16H20N2. The van der Waals surface area contributed by atoms with Gasteiger partial charge in [-0.15, -0.1) is 0 Å². The summed E-state index contributed by atoms with van der Waals surface area (Å²) in [4.78, 5) is 2.29. The molecule has 0 saturated heterocycles. The van der Waals surface area contributed by atoms with Gasteiger partial charge in [-0.05, 0) is 30.7 Å². The second-order valence-electron chi connectivity index (χ2n) is 4.40. The molecule has 0 fully saturated rings. The maximum atomic E-state index is 6.09. The number of benzene rings is 2. The van der Waals surface area contributed by atoms with E-state index in [0.29, 0.717) is 0 Å². The largest absolute Gasteiger partial charge is 0.397 e. The number of nitrogen functional groups attached to an aromatic ring is 1. The molecule has 2 aromatic rings. The highest BCUT2D eigenvalue weighted by Crippen LogP contribution is 2.30. The van der Waals surface area contributed by atoms with Crippen LogP contribution in [0.1, 0.15) is 19.8 Å². The fourth-order valence-corrected chi connectivity index (χ4v) is 2.05. The molecule has 0 spiro atoms. The van der Waals surface area contributed by atoms with E-state index >= 15 is 0 Å². The molecular weight excluding hydrogens is 220 g/mol. The molecule has 0 aliphatic rings. The van der Waals surface area contributed by atoms with Gasteiger partial charge in [-0.3, -0.25) is 0 Å². The van der Waals surface area contributed by atoms with Crippen LogP contribution in [0.15, 0.2) is 54.6 Å². The third-order valence-electron chi connectivity index (χ3n) is 3.03. The first-order valence-corrected chi connectivity index (χ1v) is 6.50. The van der Waals surface area contributed by atoms with Gasteiger partial charge in [-0.2, -0.15) is 0 Å². The summed E-state index contributed by atoms with van der Waals surface area (Å²) in [6, 6.07) is 18.5. The van der Waals surface area contributed by atoms with Gasteiger partial charge in [0.25, 0.3) is 0 Å². The summed E-state index contributed by atoms with van der Waals surface area (Å²) in [6.07, 6.45) is 2.33. The highest BCUT2D eigenvalue weighted by molar-refractivity contribution is 5.74. The van der Waals surface area contributed by atoms with Crippen LogP contribution in [0, 0.1) is 0 Å². The van der Waals surface area contributed by atoms with E-state index < -0.39 is 0 Å². The van der Waals surface area contributed by atoms with E-state index in [4.69, 9.17) is 5.73 Å². The minimum atomic E-state index is 0.831. The van der Waals surface area contributed by atoms with Crippen molar-refractivity contribution < 1.29 is 0 Å². The Bertz CT molecular complexity index is 479. The first-order chi connectivity index (χ1) is 8.83. The van der Waals surface area contributed by atoms with Crippen molar-refractivity contribution in [2.24, 2.45) is 0 Å². The smallest absolute Gasteiger partial charge is 0.0644 e. The second kappa shape index (κ2) is 6.10. The molecule has 2 rings (SSSR count). The average molecular weight is 240 g/mol. The molecule has 2 N–H and O–H groups in total. The van der Waals surface area contributed by atoms with E-state index in [1.54, 1.807) is 0 Å². The molecule has 0 aromatic heterocycles. The van der Waals surface area contributed by atoms with Gasteiger partial charge >= 0.3 is 0 Å². The summed E-state index contributed by atoms with van der Waals surface area (Å²) in [6.45, 7) is 3.20. The topological polar surface area (TPSA) is 29.3 Å². The van der Waals surface area contributed by atoms with E-state index in [0.717, 1.165) is 24.3 Å². The van der Waals surface area contributed by atoms with E-state index in [2.05, 4.69) is 42.2 Å². The van der Waals surface area contributed by atoms with E-state index in [1.165, 1.54) is 12.1 Å². The van der Waals surface area contributed by atoms with E-state index in [-0.39, 0.29) is 0 Å². The Labute approximate surface area is 109 Å². The van der Waals surface area contributed by atoms with Crippen molar-refractivity contribution in [3.63, 3.8) is 0 Å². The molecule has 18 heavy (non-hydrogen) atoms.